The standard InChI is InChI=1S/C22H20ClN5O3S/c1-2-3-19(14-4-9-21(25-10-14)32(30)31)27-22(29)18-11-24-13-20-17(18)12-26-28(20)16-7-5-15(23)6-8-16/h4-13,19H,2-3H2,1H3,(H,27,29)(H,30,31)/p-1. The molecule has 3 aromatic heterocycles. The summed E-state index contributed by atoms with van der Waals surface area (Å²) >= 11 is 3.58. The van der Waals surface area contributed by atoms with Gasteiger partial charge >= 0.3 is 0 Å². The van der Waals surface area contributed by atoms with Crippen molar-refractivity contribution in [3.05, 3.63) is 77.3 Å². The van der Waals surface area contributed by atoms with Crippen LogP contribution in [0.1, 0.15) is 41.7 Å². The number of pyridine rings is 2. The van der Waals surface area contributed by atoms with E-state index in [0.29, 0.717) is 27.9 Å². The van der Waals surface area contributed by atoms with Crippen LogP contribution in [0.3, 0.4) is 0 Å². The molecule has 2 unspecified atom stereocenters. The topological polar surface area (TPSA) is 113 Å². The van der Waals surface area contributed by atoms with Gasteiger partial charge in [0.15, 0.2) is 0 Å². The van der Waals surface area contributed by atoms with E-state index < -0.39 is 11.1 Å². The van der Waals surface area contributed by atoms with Gasteiger partial charge in [-0.05, 0) is 53.4 Å². The molecule has 1 N–H and O–H groups in total. The average Bonchev–Trinajstić information content (AvgIpc) is 3.23. The van der Waals surface area contributed by atoms with Gasteiger partial charge in [-0.2, -0.15) is 5.10 Å². The summed E-state index contributed by atoms with van der Waals surface area (Å²) in [5, 5.41) is 8.69. The van der Waals surface area contributed by atoms with Gasteiger partial charge in [-0.15, -0.1) is 0 Å². The largest absolute Gasteiger partial charge is 0.767 e. The van der Waals surface area contributed by atoms with Crippen molar-refractivity contribution in [2.75, 3.05) is 0 Å². The van der Waals surface area contributed by atoms with Gasteiger partial charge in [0.05, 0.1) is 35.2 Å². The van der Waals surface area contributed by atoms with E-state index in [2.05, 4.69) is 20.4 Å². The summed E-state index contributed by atoms with van der Waals surface area (Å²) in [5.41, 5.74) is 2.62. The van der Waals surface area contributed by atoms with E-state index >= 15 is 0 Å². The lowest BCUT2D eigenvalue weighted by molar-refractivity contribution is 0.0935. The Bertz CT molecular complexity index is 1280. The summed E-state index contributed by atoms with van der Waals surface area (Å²) in [6.07, 6.45) is 7.76. The van der Waals surface area contributed by atoms with Crippen LogP contribution in [0.4, 0.5) is 0 Å². The van der Waals surface area contributed by atoms with E-state index in [1.165, 1.54) is 18.5 Å². The summed E-state index contributed by atoms with van der Waals surface area (Å²) in [7, 11) is 0. The number of hydrogen-bond acceptors (Lipinski definition) is 6. The maximum atomic E-state index is 13.2. The van der Waals surface area contributed by atoms with Crippen LogP contribution in [0.2, 0.25) is 5.02 Å². The number of amides is 1. The van der Waals surface area contributed by atoms with Crippen molar-refractivity contribution in [3.63, 3.8) is 0 Å². The molecule has 164 valence electrons. The first kappa shape index (κ1) is 22.1. The Morgan fingerprint density at radius 2 is 1.94 bits per heavy atom. The highest BCUT2D eigenvalue weighted by molar-refractivity contribution is 7.79. The molecule has 0 aliphatic rings. The Kier molecular flexibility index (Phi) is 6.59. The van der Waals surface area contributed by atoms with Gasteiger partial charge in [-0.1, -0.05) is 31.0 Å². The highest BCUT2D eigenvalue weighted by Gasteiger charge is 2.19. The first-order chi connectivity index (χ1) is 15.5. The summed E-state index contributed by atoms with van der Waals surface area (Å²) in [5.74, 6) is -0.298. The second kappa shape index (κ2) is 9.56. The third kappa shape index (κ3) is 4.55. The van der Waals surface area contributed by atoms with E-state index in [4.69, 9.17) is 11.6 Å². The molecule has 0 fully saturated rings. The molecule has 3 heterocycles. The van der Waals surface area contributed by atoms with Crippen molar-refractivity contribution in [2.24, 2.45) is 0 Å². The van der Waals surface area contributed by atoms with Crippen LogP contribution in [0.25, 0.3) is 16.6 Å². The first-order valence-electron chi connectivity index (χ1n) is 9.91. The molecule has 8 nitrogen and oxygen atoms in total. The van der Waals surface area contributed by atoms with Crippen LogP contribution >= 0.6 is 11.6 Å². The minimum atomic E-state index is -2.40. The molecule has 1 aromatic carbocycles. The molecule has 2 atom stereocenters. The molecule has 0 saturated carbocycles. The lowest BCUT2D eigenvalue weighted by Crippen LogP contribution is -2.29. The summed E-state index contributed by atoms with van der Waals surface area (Å²) in [6.45, 7) is 2.01. The van der Waals surface area contributed by atoms with Gasteiger partial charge in [-0.3, -0.25) is 14.0 Å². The first-order valence-corrected chi connectivity index (χ1v) is 11.4. The van der Waals surface area contributed by atoms with E-state index in [-0.39, 0.29) is 17.0 Å². The maximum absolute atomic E-state index is 13.2. The Labute approximate surface area is 191 Å². The second-order valence-electron chi connectivity index (χ2n) is 7.13. The third-order valence-electron chi connectivity index (χ3n) is 5.03. The molecule has 10 heteroatoms. The van der Waals surface area contributed by atoms with Crippen LogP contribution in [-0.4, -0.2) is 34.4 Å². The highest BCUT2D eigenvalue weighted by atomic mass is 35.5. The van der Waals surface area contributed by atoms with Gasteiger partial charge in [0.2, 0.25) is 0 Å². The Morgan fingerprint density at radius 1 is 1.16 bits per heavy atom. The van der Waals surface area contributed by atoms with Crippen molar-refractivity contribution in [1.82, 2.24) is 25.1 Å². The summed E-state index contributed by atoms with van der Waals surface area (Å²) in [4.78, 5) is 21.4. The third-order valence-corrected chi connectivity index (χ3v) is 5.86. The number of benzene rings is 1. The van der Waals surface area contributed by atoms with Crippen LogP contribution in [-0.2, 0) is 11.1 Å². The smallest absolute Gasteiger partial charge is 0.254 e. The number of aromatic nitrogens is 4. The zero-order chi connectivity index (χ0) is 22.7. The van der Waals surface area contributed by atoms with Crippen molar-refractivity contribution < 1.29 is 13.6 Å². The fraction of sp³-hybridized carbons (Fsp3) is 0.182. The number of hydrogen-bond donors (Lipinski definition) is 1. The Morgan fingerprint density at radius 3 is 2.59 bits per heavy atom. The van der Waals surface area contributed by atoms with Gasteiger partial charge in [0.25, 0.3) is 5.91 Å². The normalized spacial score (nSPS) is 13.1. The number of nitrogens with one attached hydrogen (secondary N) is 1. The maximum Gasteiger partial charge on any atom is 0.254 e. The van der Waals surface area contributed by atoms with Gasteiger partial charge < -0.3 is 9.87 Å². The van der Waals surface area contributed by atoms with Gasteiger partial charge in [0, 0.05) is 22.8 Å². The van der Waals surface area contributed by atoms with Crippen molar-refractivity contribution >= 4 is 39.5 Å². The lowest BCUT2D eigenvalue weighted by Gasteiger charge is -2.19. The molecule has 0 aliphatic carbocycles. The summed E-state index contributed by atoms with van der Waals surface area (Å²) < 4.78 is 23.8. The Hall–Kier alpha value is -3.14. The number of carbonyl (C=O) groups excluding carboxylic acids is 1. The fourth-order valence-electron chi connectivity index (χ4n) is 3.45. The zero-order valence-corrected chi connectivity index (χ0v) is 18.6. The zero-order valence-electron chi connectivity index (χ0n) is 17.1. The molecule has 4 aromatic rings. The molecule has 0 bridgehead atoms. The molecule has 0 spiro atoms. The van der Waals surface area contributed by atoms with Crippen molar-refractivity contribution in [2.45, 2.75) is 30.8 Å². The Balaban J connectivity index is 1.63. The molecule has 32 heavy (non-hydrogen) atoms. The second-order valence-corrected chi connectivity index (χ2v) is 8.46. The van der Waals surface area contributed by atoms with Crippen LogP contribution in [0, 0.1) is 0 Å². The number of fused-ring (bicyclic) bond motifs is 1. The monoisotopic (exact) mass is 468 g/mol. The molecular weight excluding hydrogens is 450 g/mol. The molecular formula is C22H19ClN5O3S-. The van der Waals surface area contributed by atoms with Gasteiger partial charge in [0.1, 0.15) is 5.03 Å². The molecule has 0 radical (unpaired) electrons. The summed E-state index contributed by atoms with van der Waals surface area (Å²) in [6, 6.07) is 9.98. The molecule has 1 amide bonds. The van der Waals surface area contributed by atoms with Crippen LogP contribution < -0.4 is 5.32 Å². The van der Waals surface area contributed by atoms with E-state index in [1.54, 1.807) is 35.3 Å². The quantitative estimate of drug-likeness (QED) is 0.410. The van der Waals surface area contributed by atoms with Crippen LogP contribution in [0.15, 0.2) is 66.2 Å². The van der Waals surface area contributed by atoms with Crippen LogP contribution in [0.5, 0.6) is 0 Å². The van der Waals surface area contributed by atoms with E-state index in [1.807, 2.05) is 19.1 Å². The minimum absolute atomic E-state index is 0.0427. The van der Waals surface area contributed by atoms with Crippen molar-refractivity contribution in [3.8, 4) is 5.69 Å². The fourth-order valence-corrected chi connectivity index (χ4v) is 3.90. The predicted octanol–water partition coefficient (Wildman–Crippen LogP) is 3.98. The van der Waals surface area contributed by atoms with E-state index in [0.717, 1.165) is 17.7 Å². The molecule has 0 saturated heterocycles. The van der Waals surface area contributed by atoms with Gasteiger partial charge in [-0.25, -0.2) is 9.67 Å². The SMILES string of the molecule is CCCC(NC(=O)c1cncc2c1cnn2-c1ccc(Cl)cc1)c1ccc(S(=O)[O-])nc1. The number of nitrogens with zero attached hydrogens (tertiary/aromatic N) is 4. The number of carbonyl (C=O) groups is 1. The number of halogens is 1. The number of rotatable bonds is 7. The highest BCUT2D eigenvalue weighted by Crippen LogP contribution is 2.24. The van der Waals surface area contributed by atoms with Crippen molar-refractivity contribution in [1.29, 1.82) is 0 Å². The predicted molar refractivity (Wildman–Crippen MR) is 120 cm³/mol. The molecule has 4 rings (SSSR count). The van der Waals surface area contributed by atoms with E-state index in [9.17, 15) is 13.6 Å². The lowest BCUT2D eigenvalue weighted by atomic mass is 10.0. The molecule has 0 aliphatic heterocycles. The minimum Gasteiger partial charge on any atom is -0.767 e. The average molecular weight is 469 g/mol.